The molecule has 0 radical (unpaired) electrons. The van der Waals surface area contributed by atoms with Gasteiger partial charge in [0.1, 0.15) is 22.4 Å². The van der Waals surface area contributed by atoms with Gasteiger partial charge in [-0.05, 0) is 38.2 Å². The zero-order valence-electron chi connectivity index (χ0n) is 16.2. The Hall–Kier alpha value is -2.26. The van der Waals surface area contributed by atoms with Gasteiger partial charge in [0.05, 0.1) is 18.3 Å². The molecule has 0 saturated heterocycles. The van der Waals surface area contributed by atoms with Crippen LogP contribution in [0.25, 0.3) is 10.2 Å². The number of nitrogens with one attached hydrogen (secondary N) is 1. The lowest BCUT2D eigenvalue weighted by atomic mass is 9.98. The van der Waals surface area contributed by atoms with E-state index in [0.717, 1.165) is 37.0 Å². The second kappa shape index (κ2) is 9.29. The quantitative estimate of drug-likeness (QED) is 0.557. The zero-order valence-corrected chi connectivity index (χ0v) is 17.0. The lowest BCUT2D eigenvalue weighted by Gasteiger charge is -2.21. The maximum absolute atomic E-state index is 12.8. The number of carbonyl (C=O) groups excluding carboxylic acids is 2. The van der Waals surface area contributed by atoms with Crippen molar-refractivity contribution in [2.45, 2.75) is 51.7 Å². The van der Waals surface area contributed by atoms with E-state index in [4.69, 9.17) is 9.47 Å². The molecule has 2 heterocycles. The molecule has 152 valence electrons. The first-order chi connectivity index (χ1) is 13.5. The third kappa shape index (κ3) is 4.59. The van der Waals surface area contributed by atoms with E-state index in [1.54, 1.807) is 14.0 Å². The topological polar surface area (TPSA) is 99.5 Å². The second-order valence-electron chi connectivity index (χ2n) is 6.92. The summed E-state index contributed by atoms with van der Waals surface area (Å²) in [6, 6.07) is 0. The average molecular weight is 407 g/mol. The van der Waals surface area contributed by atoms with Crippen LogP contribution in [0.15, 0.2) is 11.1 Å². The van der Waals surface area contributed by atoms with Crippen LogP contribution in [0, 0.1) is 6.92 Å². The molecule has 28 heavy (non-hydrogen) atoms. The normalized spacial score (nSPS) is 14.9. The van der Waals surface area contributed by atoms with Gasteiger partial charge in [0.15, 0.2) is 0 Å². The van der Waals surface area contributed by atoms with Crippen LogP contribution in [0.1, 0.15) is 47.3 Å². The summed E-state index contributed by atoms with van der Waals surface area (Å²) in [7, 11) is 1.55. The van der Waals surface area contributed by atoms with E-state index in [9.17, 15) is 14.4 Å². The number of esters is 1. The zero-order chi connectivity index (χ0) is 20.1. The van der Waals surface area contributed by atoms with Gasteiger partial charge in [-0.15, -0.1) is 11.3 Å². The molecule has 0 spiro atoms. The van der Waals surface area contributed by atoms with Crippen molar-refractivity contribution in [3.63, 3.8) is 0 Å². The number of aromatic nitrogens is 2. The number of nitrogens with zero attached hydrogens (tertiary/aromatic N) is 2. The van der Waals surface area contributed by atoms with Gasteiger partial charge in [-0.2, -0.15) is 0 Å². The van der Waals surface area contributed by atoms with Crippen LogP contribution in [0.5, 0.6) is 0 Å². The van der Waals surface area contributed by atoms with E-state index in [1.807, 2.05) is 0 Å². The predicted octanol–water partition coefficient (Wildman–Crippen LogP) is 2.02. The molecule has 1 saturated carbocycles. The summed E-state index contributed by atoms with van der Waals surface area (Å²) in [5.41, 5.74) is 0.227. The number of hydrogen-bond acceptors (Lipinski definition) is 7. The largest absolute Gasteiger partial charge is 0.458 e. The number of aryl methyl sites for hydroxylation is 1. The fourth-order valence-electron chi connectivity index (χ4n) is 3.36. The minimum atomic E-state index is -0.393. The molecule has 0 atom stereocenters. The molecule has 2 aromatic rings. The van der Waals surface area contributed by atoms with Crippen LogP contribution in [0.3, 0.4) is 0 Å². The van der Waals surface area contributed by atoms with Crippen LogP contribution >= 0.6 is 11.3 Å². The van der Waals surface area contributed by atoms with Crippen LogP contribution in [-0.2, 0) is 20.8 Å². The molecule has 1 fully saturated rings. The molecule has 3 rings (SSSR count). The van der Waals surface area contributed by atoms with Gasteiger partial charge in [0.2, 0.25) is 5.91 Å². The highest BCUT2D eigenvalue weighted by molar-refractivity contribution is 7.20. The van der Waals surface area contributed by atoms with Crippen molar-refractivity contribution in [1.82, 2.24) is 14.9 Å². The molecular formula is C19H25N3O5S. The van der Waals surface area contributed by atoms with Crippen LogP contribution in [0.4, 0.5) is 0 Å². The molecule has 0 aromatic carbocycles. The summed E-state index contributed by atoms with van der Waals surface area (Å²) in [5, 5.41) is 3.04. The van der Waals surface area contributed by atoms with Crippen LogP contribution in [-0.4, -0.2) is 47.8 Å². The summed E-state index contributed by atoms with van der Waals surface area (Å²) < 4.78 is 11.8. The number of thiophene rings is 1. The van der Waals surface area contributed by atoms with Gasteiger partial charge in [-0.1, -0.05) is 6.42 Å². The monoisotopic (exact) mass is 407 g/mol. The summed E-state index contributed by atoms with van der Waals surface area (Å²) >= 11 is 1.16. The van der Waals surface area contributed by atoms with Crippen molar-refractivity contribution in [2.75, 3.05) is 20.3 Å². The van der Waals surface area contributed by atoms with Gasteiger partial charge in [0.25, 0.3) is 5.56 Å². The lowest BCUT2D eigenvalue weighted by molar-refractivity contribution is -0.121. The van der Waals surface area contributed by atoms with E-state index < -0.39 is 5.97 Å². The summed E-state index contributed by atoms with van der Waals surface area (Å²) in [5.74, 6) is -0.694. The third-order valence-corrected chi connectivity index (χ3v) is 6.05. The highest BCUT2D eigenvalue weighted by atomic mass is 32.1. The molecule has 1 amide bonds. The van der Waals surface area contributed by atoms with Gasteiger partial charge in [0, 0.05) is 13.7 Å². The SMILES string of the molecule is COCCNC(=O)Cn1cnc2sc(C(=O)OC3CCCCC3)c(C)c2c1=O. The van der Waals surface area contributed by atoms with Gasteiger partial charge in [-0.3, -0.25) is 14.2 Å². The van der Waals surface area contributed by atoms with Crippen LogP contribution < -0.4 is 10.9 Å². The summed E-state index contributed by atoms with van der Waals surface area (Å²) in [6.45, 7) is 2.35. The first-order valence-electron chi connectivity index (χ1n) is 9.46. The first-order valence-corrected chi connectivity index (χ1v) is 10.3. The standard InChI is InChI=1S/C19H25N3O5S/c1-12-15-17(28-16(12)19(25)27-13-6-4-3-5-7-13)21-11-22(18(15)24)10-14(23)20-8-9-26-2/h11,13H,3-10H2,1-2H3,(H,20,23). The van der Waals surface area contributed by atoms with E-state index in [1.165, 1.54) is 17.3 Å². The molecule has 0 unspecified atom stereocenters. The van der Waals surface area contributed by atoms with E-state index >= 15 is 0 Å². The fraction of sp³-hybridized carbons (Fsp3) is 0.579. The number of rotatable bonds is 7. The highest BCUT2D eigenvalue weighted by Crippen LogP contribution is 2.29. The first kappa shape index (κ1) is 20.5. The number of carbonyl (C=O) groups is 2. The number of hydrogen-bond donors (Lipinski definition) is 1. The molecular weight excluding hydrogens is 382 g/mol. The maximum Gasteiger partial charge on any atom is 0.348 e. The molecule has 8 nitrogen and oxygen atoms in total. The number of amides is 1. The Labute approximate surface area is 166 Å². The molecule has 1 N–H and O–H groups in total. The Morgan fingerprint density at radius 1 is 1.32 bits per heavy atom. The van der Waals surface area contributed by atoms with Gasteiger partial charge in [-0.25, -0.2) is 9.78 Å². The van der Waals surface area contributed by atoms with Crippen molar-refractivity contribution in [3.8, 4) is 0 Å². The minimum Gasteiger partial charge on any atom is -0.458 e. The molecule has 0 bridgehead atoms. The Balaban J connectivity index is 1.79. The molecule has 2 aromatic heterocycles. The molecule has 1 aliphatic rings. The Morgan fingerprint density at radius 3 is 2.79 bits per heavy atom. The second-order valence-corrected chi connectivity index (χ2v) is 7.92. The maximum atomic E-state index is 12.8. The Morgan fingerprint density at radius 2 is 2.07 bits per heavy atom. The minimum absolute atomic E-state index is 0.0497. The summed E-state index contributed by atoms with van der Waals surface area (Å²) in [6.07, 6.45) is 6.39. The smallest absolute Gasteiger partial charge is 0.348 e. The van der Waals surface area contributed by atoms with Gasteiger partial charge >= 0.3 is 5.97 Å². The van der Waals surface area contributed by atoms with Crippen molar-refractivity contribution >= 4 is 33.4 Å². The summed E-state index contributed by atoms with van der Waals surface area (Å²) in [4.78, 5) is 42.5. The Kier molecular flexibility index (Phi) is 6.79. The predicted molar refractivity (Wildman–Crippen MR) is 106 cm³/mol. The number of fused-ring (bicyclic) bond motifs is 1. The Bertz CT molecular complexity index is 914. The van der Waals surface area contributed by atoms with Crippen molar-refractivity contribution < 1.29 is 19.1 Å². The molecule has 0 aliphatic heterocycles. The van der Waals surface area contributed by atoms with Crippen LogP contribution in [0.2, 0.25) is 0 Å². The highest BCUT2D eigenvalue weighted by Gasteiger charge is 2.24. The van der Waals surface area contributed by atoms with Crippen molar-refractivity contribution in [2.24, 2.45) is 0 Å². The average Bonchev–Trinajstić information content (AvgIpc) is 3.02. The van der Waals surface area contributed by atoms with E-state index in [2.05, 4.69) is 10.3 Å². The van der Waals surface area contributed by atoms with Gasteiger partial charge < -0.3 is 14.8 Å². The molecule has 1 aliphatic carbocycles. The number of methoxy groups -OCH3 is 1. The fourth-order valence-corrected chi connectivity index (χ4v) is 4.38. The van der Waals surface area contributed by atoms with E-state index in [0.29, 0.717) is 33.8 Å². The third-order valence-electron chi connectivity index (χ3n) is 4.87. The molecule has 9 heteroatoms. The lowest BCUT2D eigenvalue weighted by Crippen LogP contribution is -2.34. The van der Waals surface area contributed by atoms with Crippen molar-refractivity contribution in [1.29, 1.82) is 0 Å². The van der Waals surface area contributed by atoms with Crippen molar-refractivity contribution in [3.05, 3.63) is 27.1 Å². The van der Waals surface area contributed by atoms with E-state index in [-0.39, 0.29) is 24.1 Å². The number of ether oxygens (including phenoxy) is 2.